The van der Waals surface area contributed by atoms with Crippen molar-refractivity contribution in [1.29, 1.82) is 0 Å². The van der Waals surface area contributed by atoms with Gasteiger partial charge >= 0.3 is 0 Å². The third-order valence-corrected chi connectivity index (χ3v) is 8.11. The first kappa shape index (κ1) is 22.5. The van der Waals surface area contributed by atoms with E-state index in [1.807, 2.05) is 0 Å². The monoisotopic (exact) mass is 464 g/mol. The standard InChI is InChI=1S/C31H36N4/c1-2-9-23(10-3-1)21-32-25-17-19-26(20-18-25)35(22-31-33-28-14-6-7-15-29(28)34-31)30-16-8-12-24-11-4-5-13-27(24)30/h1-7,9-11,13-15,25-26,30,32H,8,12,16-22H2,(H,33,34). The van der Waals surface area contributed by atoms with Gasteiger partial charge in [-0.1, -0.05) is 66.7 Å². The molecular formula is C31H36N4. The van der Waals surface area contributed by atoms with E-state index in [0.717, 1.165) is 29.9 Å². The molecule has 6 rings (SSSR count). The Morgan fingerprint density at radius 3 is 2.46 bits per heavy atom. The Kier molecular flexibility index (Phi) is 6.66. The Morgan fingerprint density at radius 1 is 0.829 bits per heavy atom. The van der Waals surface area contributed by atoms with Crippen LogP contribution in [0.3, 0.4) is 0 Å². The number of hydrogen-bond donors (Lipinski definition) is 2. The summed E-state index contributed by atoms with van der Waals surface area (Å²) in [7, 11) is 0. The summed E-state index contributed by atoms with van der Waals surface area (Å²) in [6.07, 6.45) is 8.68. The summed E-state index contributed by atoms with van der Waals surface area (Å²) in [5.74, 6) is 1.10. The second kappa shape index (κ2) is 10.3. The number of imidazole rings is 1. The molecule has 0 radical (unpaired) electrons. The zero-order chi connectivity index (χ0) is 23.5. The first-order chi connectivity index (χ1) is 17.3. The van der Waals surface area contributed by atoms with Crippen molar-refractivity contribution in [3.63, 3.8) is 0 Å². The number of rotatable bonds is 7. The molecule has 0 saturated heterocycles. The minimum Gasteiger partial charge on any atom is -0.341 e. The van der Waals surface area contributed by atoms with Crippen LogP contribution in [-0.4, -0.2) is 27.0 Å². The molecule has 1 unspecified atom stereocenters. The first-order valence-corrected chi connectivity index (χ1v) is 13.4. The van der Waals surface area contributed by atoms with E-state index in [1.54, 1.807) is 5.56 Å². The number of para-hydroxylation sites is 2. The van der Waals surface area contributed by atoms with Gasteiger partial charge in [-0.2, -0.15) is 0 Å². The van der Waals surface area contributed by atoms with Gasteiger partial charge in [-0.15, -0.1) is 0 Å². The summed E-state index contributed by atoms with van der Waals surface area (Å²) in [4.78, 5) is 11.4. The third kappa shape index (κ3) is 5.05. The average molecular weight is 465 g/mol. The molecule has 0 amide bonds. The van der Waals surface area contributed by atoms with Crippen LogP contribution in [0.5, 0.6) is 0 Å². The maximum Gasteiger partial charge on any atom is 0.121 e. The molecule has 3 aromatic carbocycles. The van der Waals surface area contributed by atoms with E-state index in [1.165, 1.54) is 56.1 Å². The minimum atomic E-state index is 0.479. The molecule has 1 heterocycles. The van der Waals surface area contributed by atoms with Crippen LogP contribution in [0.25, 0.3) is 11.0 Å². The molecule has 1 atom stereocenters. The number of nitrogens with one attached hydrogen (secondary N) is 2. The molecule has 2 aliphatic rings. The molecule has 35 heavy (non-hydrogen) atoms. The van der Waals surface area contributed by atoms with Crippen molar-refractivity contribution in [1.82, 2.24) is 20.2 Å². The molecule has 0 bridgehead atoms. The number of aromatic nitrogens is 2. The zero-order valence-electron chi connectivity index (χ0n) is 20.5. The second-order valence-electron chi connectivity index (χ2n) is 10.4. The van der Waals surface area contributed by atoms with Crippen molar-refractivity contribution in [3.8, 4) is 0 Å². The Balaban J connectivity index is 1.20. The lowest BCUT2D eigenvalue weighted by atomic mass is 9.83. The molecule has 180 valence electrons. The first-order valence-electron chi connectivity index (χ1n) is 13.4. The highest BCUT2D eigenvalue weighted by molar-refractivity contribution is 5.74. The summed E-state index contributed by atoms with van der Waals surface area (Å²) in [6, 6.07) is 30.0. The van der Waals surface area contributed by atoms with Gasteiger partial charge in [0.1, 0.15) is 5.82 Å². The van der Waals surface area contributed by atoms with E-state index >= 15 is 0 Å². The number of nitrogens with zero attached hydrogens (tertiary/aromatic N) is 2. The Hall–Kier alpha value is -2.95. The molecule has 1 fully saturated rings. The maximum atomic E-state index is 4.97. The number of fused-ring (bicyclic) bond motifs is 2. The molecular weight excluding hydrogens is 428 g/mol. The fourth-order valence-corrected chi connectivity index (χ4v) is 6.29. The summed E-state index contributed by atoms with van der Waals surface area (Å²) in [6.45, 7) is 1.86. The maximum absolute atomic E-state index is 4.97. The Bertz CT molecular complexity index is 1210. The van der Waals surface area contributed by atoms with Crippen LogP contribution in [0.4, 0.5) is 0 Å². The summed E-state index contributed by atoms with van der Waals surface area (Å²) in [5.41, 5.74) is 6.66. The summed E-state index contributed by atoms with van der Waals surface area (Å²) < 4.78 is 0. The van der Waals surface area contributed by atoms with Gasteiger partial charge in [0.15, 0.2) is 0 Å². The molecule has 2 aliphatic carbocycles. The van der Waals surface area contributed by atoms with Crippen molar-refractivity contribution in [2.45, 2.75) is 76.2 Å². The molecule has 1 aromatic heterocycles. The van der Waals surface area contributed by atoms with Crippen LogP contribution in [0.1, 0.15) is 67.1 Å². The van der Waals surface area contributed by atoms with Crippen molar-refractivity contribution >= 4 is 11.0 Å². The van der Waals surface area contributed by atoms with Gasteiger partial charge in [-0.3, -0.25) is 4.90 Å². The quantitative estimate of drug-likeness (QED) is 0.326. The predicted molar refractivity (Wildman–Crippen MR) is 143 cm³/mol. The largest absolute Gasteiger partial charge is 0.341 e. The number of aryl methyl sites for hydroxylation is 1. The van der Waals surface area contributed by atoms with Crippen molar-refractivity contribution < 1.29 is 0 Å². The Labute approximate surface area is 208 Å². The van der Waals surface area contributed by atoms with Gasteiger partial charge in [0.2, 0.25) is 0 Å². The lowest BCUT2D eigenvalue weighted by Gasteiger charge is -2.43. The van der Waals surface area contributed by atoms with E-state index in [0.29, 0.717) is 18.1 Å². The fraction of sp³-hybridized carbons (Fsp3) is 0.387. The number of hydrogen-bond acceptors (Lipinski definition) is 3. The lowest BCUT2D eigenvalue weighted by Crippen LogP contribution is -2.44. The van der Waals surface area contributed by atoms with Gasteiger partial charge in [-0.25, -0.2) is 4.98 Å². The minimum absolute atomic E-state index is 0.479. The van der Waals surface area contributed by atoms with E-state index in [9.17, 15) is 0 Å². The van der Waals surface area contributed by atoms with Gasteiger partial charge in [0, 0.05) is 24.7 Å². The van der Waals surface area contributed by atoms with E-state index in [-0.39, 0.29) is 0 Å². The Morgan fingerprint density at radius 2 is 1.60 bits per heavy atom. The van der Waals surface area contributed by atoms with Crippen LogP contribution in [0.15, 0.2) is 78.9 Å². The molecule has 0 aliphatic heterocycles. The number of benzene rings is 3. The predicted octanol–water partition coefficient (Wildman–Crippen LogP) is 6.54. The van der Waals surface area contributed by atoms with Gasteiger partial charge < -0.3 is 10.3 Å². The highest BCUT2D eigenvalue weighted by atomic mass is 15.2. The molecule has 2 N–H and O–H groups in total. The summed E-state index contributed by atoms with van der Waals surface area (Å²) in [5, 5.41) is 3.82. The average Bonchev–Trinajstić information content (AvgIpc) is 3.34. The van der Waals surface area contributed by atoms with Crippen molar-refractivity contribution in [2.24, 2.45) is 0 Å². The highest BCUT2D eigenvalue weighted by Crippen LogP contribution is 2.39. The zero-order valence-corrected chi connectivity index (χ0v) is 20.5. The van der Waals surface area contributed by atoms with Crippen molar-refractivity contribution in [3.05, 3.63) is 101 Å². The van der Waals surface area contributed by atoms with E-state index in [2.05, 4.69) is 94.1 Å². The smallest absolute Gasteiger partial charge is 0.121 e. The van der Waals surface area contributed by atoms with Crippen LogP contribution >= 0.6 is 0 Å². The molecule has 4 nitrogen and oxygen atoms in total. The van der Waals surface area contributed by atoms with Crippen LogP contribution < -0.4 is 5.32 Å². The molecule has 1 saturated carbocycles. The van der Waals surface area contributed by atoms with Crippen LogP contribution in [-0.2, 0) is 19.5 Å². The summed E-state index contributed by atoms with van der Waals surface area (Å²) >= 11 is 0. The van der Waals surface area contributed by atoms with Gasteiger partial charge in [-0.05, 0) is 73.8 Å². The molecule has 4 aromatic rings. The van der Waals surface area contributed by atoms with Gasteiger partial charge in [0.25, 0.3) is 0 Å². The molecule has 0 spiro atoms. The SMILES string of the molecule is c1ccc(CNC2CCC(N(Cc3nc4ccccc4[nH]3)C3CCCc4ccccc43)CC2)cc1. The lowest BCUT2D eigenvalue weighted by molar-refractivity contribution is 0.0751. The molecule has 4 heteroatoms. The van der Waals surface area contributed by atoms with Crippen LogP contribution in [0.2, 0.25) is 0 Å². The number of aromatic amines is 1. The third-order valence-electron chi connectivity index (χ3n) is 8.11. The normalized spacial score (nSPS) is 22.4. The topological polar surface area (TPSA) is 44.0 Å². The highest BCUT2D eigenvalue weighted by Gasteiger charge is 2.33. The number of H-pyrrole nitrogens is 1. The van der Waals surface area contributed by atoms with Crippen LogP contribution in [0, 0.1) is 0 Å². The van der Waals surface area contributed by atoms with E-state index < -0.39 is 0 Å². The van der Waals surface area contributed by atoms with Gasteiger partial charge in [0.05, 0.1) is 17.6 Å². The van der Waals surface area contributed by atoms with E-state index in [4.69, 9.17) is 4.98 Å². The second-order valence-corrected chi connectivity index (χ2v) is 10.4. The van der Waals surface area contributed by atoms with Crippen molar-refractivity contribution in [2.75, 3.05) is 0 Å². The fourth-order valence-electron chi connectivity index (χ4n) is 6.29.